The van der Waals surface area contributed by atoms with Crippen LogP contribution < -0.4 is 5.32 Å². The molecule has 0 spiro atoms. The predicted octanol–water partition coefficient (Wildman–Crippen LogP) is 4.98. The highest BCUT2D eigenvalue weighted by molar-refractivity contribution is 7.10. The number of rotatable bonds is 5. The van der Waals surface area contributed by atoms with Gasteiger partial charge in [-0.2, -0.15) is 0 Å². The van der Waals surface area contributed by atoms with Crippen LogP contribution in [-0.2, 0) is 6.42 Å². The summed E-state index contributed by atoms with van der Waals surface area (Å²) in [5.74, 6) is -0.992. The molecule has 21 heavy (non-hydrogen) atoms. The topological polar surface area (TPSA) is 12.0 Å². The molecule has 0 amide bonds. The van der Waals surface area contributed by atoms with Crippen LogP contribution in [0.4, 0.5) is 8.78 Å². The second-order valence-electron chi connectivity index (χ2n) is 5.54. The summed E-state index contributed by atoms with van der Waals surface area (Å²) in [5.41, 5.74) is 2.19. The average Bonchev–Trinajstić information content (AvgIpc) is 2.88. The van der Waals surface area contributed by atoms with Gasteiger partial charge in [-0.05, 0) is 55.8 Å². The number of nitrogens with one attached hydrogen (secondary N) is 1. The lowest BCUT2D eigenvalue weighted by Crippen LogP contribution is -2.29. The van der Waals surface area contributed by atoms with Crippen molar-refractivity contribution in [2.24, 2.45) is 0 Å². The van der Waals surface area contributed by atoms with Gasteiger partial charge in [-0.1, -0.05) is 6.92 Å². The van der Waals surface area contributed by atoms with Crippen LogP contribution in [0.2, 0.25) is 0 Å². The molecule has 2 aromatic rings. The molecule has 1 heterocycles. The van der Waals surface area contributed by atoms with Crippen LogP contribution in [0.3, 0.4) is 0 Å². The minimum Gasteiger partial charge on any atom is -0.303 e. The summed E-state index contributed by atoms with van der Waals surface area (Å²) in [4.78, 5) is 1.11. The third kappa shape index (κ3) is 3.50. The Labute approximate surface area is 129 Å². The maximum atomic E-state index is 14.3. The number of benzene rings is 1. The van der Waals surface area contributed by atoms with Crippen LogP contribution in [0.1, 0.15) is 48.4 Å². The number of hydrogen-bond acceptors (Lipinski definition) is 2. The first-order valence-electron chi connectivity index (χ1n) is 7.21. The van der Waals surface area contributed by atoms with Gasteiger partial charge >= 0.3 is 0 Å². The van der Waals surface area contributed by atoms with Gasteiger partial charge < -0.3 is 5.32 Å². The van der Waals surface area contributed by atoms with Crippen LogP contribution in [0.5, 0.6) is 0 Å². The molecular weight excluding hydrogens is 288 g/mol. The Morgan fingerprint density at radius 2 is 1.90 bits per heavy atom. The van der Waals surface area contributed by atoms with Gasteiger partial charge in [0.25, 0.3) is 0 Å². The number of aryl methyl sites for hydroxylation is 2. The Morgan fingerprint density at radius 3 is 2.52 bits per heavy atom. The molecule has 1 unspecified atom stereocenters. The third-order valence-corrected chi connectivity index (χ3v) is 4.54. The van der Waals surface area contributed by atoms with E-state index in [0.717, 1.165) is 17.4 Å². The molecule has 0 fully saturated rings. The first-order chi connectivity index (χ1) is 9.93. The summed E-state index contributed by atoms with van der Waals surface area (Å²) in [6.07, 6.45) is 0.900. The first-order valence-corrected chi connectivity index (χ1v) is 8.09. The molecule has 0 aliphatic carbocycles. The van der Waals surface area contributed by atoms with Crippen molar-refractivity contribution in [1.82, 2.24) is 5.32 Å². The lowest BCUT2D eigenvalue weighted by Gasteiger charge is -2.23. The van der Waals surface area contributed by atoms with Gasteiger partial charge in [0.05, 0.1) is 6.04 Å². The van der Waals surface area contributed by atoms with Gasteiger partial charge in [0.2, 0.25) is 0 Å². The minimum absolute atomic E-state index is 0.201. The summed E-state index contributed by atoms with van der Waals surface area (Å²) < 4.78 is 27.8. The summed E-state index contributed by atoms with van der Waals surface area (Å²) in [7, 11) is 0. The largest absolute Gasteiger partial charge is 0.303 e. The average molecular weight is 309 g/mol. The summed E-state index contributed by atoms with van der Waals surface area (Å²) in [6, 6.07) is 4.64. The molecule has 0 saturated heterocycles. The zero-order valence-electron chi connectivity index (χ0n) is 12.8. The second-order valence-corrected chi connectivity index (χ2v) is 6.49. The van der Waals surface area contributed by atoms with E-state index < -0.39 is 11.6 Å². The lowest BCUT2D eigenvalue weighted by molar-refractivity contribution is 0.499. The molecule has 2 rings (SSSR count). The Kier molecular flexibility index (Phi) is 5.12. The molecule has 1 atom stereocenters. The number of thiophene rings is 1. The van der Waals surface area contributed by atoms with E-state index in [2.05, 4.69) is 18.3 Å². The molecule has 114 valence electrons. The van der Waals surface area contributed by atoms with E-state index in [4.69, 9.17) is 0 Å². The molecule has 0 radical (unpaired) electrons. The Bertz CT molecular complexity index is 619. The van der Waals surface area contributed by atoms with Crippen molar-refractivity contribution in [3.05, 3.63) is 56.8 Å². The number of hydrogen-bond donors (Lipinski definition) is 1. The maximum Gasteiger partial charge on any atom is 0.131 e. The molecule has 0 aliphatic heterocycles. The smallest absolute Gasteiger partial charge is 0.131 e. The standard InChI is InChI=1S/C17H21F2NS/c1-5-12-6-7-21-17(12)16(20-10(2)3)13-8-11(4)14(18)9-15(13)19/h6-10,16,20H,5H2,1-4H3. The molecule has 4 heteroatoms. The van der Waals surface area contributed by atoms with E-state index in [0.29, 0.717) is 11.1 Å². The highest BCUT2D eigenvalue weighted by atomic mass is 32.1. The number of halogens is 2. The molecule has 1 nitrogen and oxygen atoms in total. The van der Waals surface area contributed by atoms with Gasteiger partial charge in [-0.3, -0.25) is 0 Å². The third-order valence-electron chi connectivity index (χ3n) is 3.51. The van der Waals surface area contributed by atoms with Gasteiger partial charge in [0.1, 0.15) is 11.6 Å². The maximum absolute atomic E-state index is 14.3. The predicted molar refractivity (Wildman–Crippen MR) is 84.9 cm³/mol. The Hall–Kier alpha value is -1.26. The Balaban J connectivity index is 2.53. The SMILES string of the molecule is CCc1ccsc1C(NC(C)C)c1cc(C)c(F)cc1F. The van der Waals surface area contributed by atoms with E-state index >= 15 is 0 Å². The quantitative estimate of drug-likeness (QED) is 0.821. The molecule has 0 saturated carbocycles. The normalized spacial score (nSPS) is 12.9. The fourth-order valence-corrected chi connectivity index (χ4v) is 3.51. The molecule has 1 aromatic heterocycles. The monoisotopic (exact) mass is 309 g/mol. The second kappa shape index (κ2) is 6.67. The first kappa shape index (κ1) is 16.1. The summed E-state index contributed by atoms with van der Waals surface area (Å²) >= 11 is 1.61. The Morgan fingerprint density at radius 1 is 1.19 bits per heavy atom. The zero-order valence-corrected chi connectivity index (χ0v) is 13.7. The van der Waals surface area contributed by atoms with Crippen LogP contribution in [0, 0.1) is 18.6 Å². The molecule has 0 bridgehead atoms. The minimum atomic E-state index is -0.499. The van der Waals surface area contributed by atoms with Gasteiger partial charge in [0.15, 0.2) is 0 Å². The fourth-order valence-electron chi connectivity index (χ4n) is 2.43. The molecule has 1 aromatic carbocycles. The van der Waals surface area contributed by atoms with E-state index in [1.165, 1.54) is 5.56 Å². The van der Waals surface area contributed by atoms with E-state index in [1.807, 2.05) is 19.2 Å². The highest BCUT2D eigenvalue weighted by Crippen LogP contribution is 2.33. The van der Waals surface area contributed by atoms with Crippen molar-refractivity contribution in [3.8, 4) is 0 Å². The van der Waals surface area contributed by atoms with Gasteiger partial charge in [-0.15, -0.1) is 11.3 Å². The molecule has 0 aliphatic rings. The highest BCUT2D eigenvalue weighted by Gasteiger charge is 2.23. The summed E-state index contributed by atoms with van der Waals surface area (Å²) in [6.45, 7) is 7.81. The van der Waals surface area contributed by atoms with Crippen LogP contribution >= 0.6 is 11.3 Å². The lowest BCUT2D eigenvalue weighted by atomic mass is 9.98. The molecule has 1 N–H and O–H groups in total. The van der Waals surface area contributed by atoms with Crippen LogP contribution in [0.25, 0.3) is 0 Å². The van der Waals surface area contributed by atoms with Crippen LogP contribution in [-0.4, -0.2) is 6.04 Å². The van der Waals surface area contributed by atoms with E-state index in [-0.39, 0.29) is 12.1 Å². The van der Waals surface area contributed by atoms with Crippen molar-refractivity contribution in [2.75, 3.05) is 0 Å². The van der Waals surface area contributed by atoms with Crippen molar-refractivity contribution < 1.29 is 8.78 Å². The van der Waals surface area contributed by atoms with E-state index in [9.17, 15) is 8.78 Å². The van der Waals surface area contributed by atoms with Crippen molar-refractivity contribution >= 4 is 11.3 Å². The van der Waals surface area contributed by atoms with Gasteiger partial charge in [0, 0.05) is 22.5 Å². The zero-order chi connectivity index (χ0) is 15.6. The fraction of sp³-hybridized carbons (Fsp3) is 0.412. The van der Waals surface area contributed by atoms with Crippen molar-refractivity contribution in [3.63, 3.8) is 0 Å². The van der Waals surface area contributed by atoms with Gasteiger partial charge in [-0.25, -0.2) is 8.78 Å². The molecular formula is C17H21F2NS. The summed E-state index contributed by atoms with van der Waals surface area (Å²) in [5, 5.41) is 5.43. The van der Waals surface area contributed by atoms with Crippen molar-refractivity contribution in [1.29, 1.82) is 0 Å². The van der Waals surface area contributed by atoms with E-state index in [1.54, 1.807) is 24.3 Å². The van der Waals surface area contributed by atoms with Crippen molar-refractivity contribution in [2.45, 2.75) is 46.2 Å². The van der Waals surface area contributed by atoms with Crippen LogP contribution in [0.15, 0.2) is 23.6 Å².